The van der Waals surface area contributed by atoms with E-state index in [4.69, 9.17) is 5.73 Å². The van der Waals surface area contributed by atoms with Crippen molar-refractivity contribution >= 4 is 17.0 Å². The molecule has 0 amide bonds. The lowest BCUT2D eigenvalue weighted by Gasteiger charge is -2.15. The minimum absolute atomic E-state index is 0.0762. The standard InChI is InChI=1S/C12H10F3NOS/c13-12(14,15)7-3-4-9(16)8(6-7)11(17)10-2-1-5-18-10/h1-6,11,17H,16H2. The van der Waals surface area contributed by atoms with Crippen molar-refractivity contribution < 1.29 is 18.3 Å². The highest BCUT2D eigenvalue weighted by molar-refractivity contribution is 7.10. The van der Waals surface area contributed by atoms with Crippen LogP contribution in [0.4, 0.5) is 18.9 Å². The Kier molecular flexibility index (Phi) is 3.32. The number of hydrogen-bond donors (Lipinski definition) is 2. The normalized spacial score (nSPS) is 13.6. The summed E-state index contributed by atoms with van der Waals surface area (Å²) in [6, 6.07) is 6.32. The molecule has 18 heavy (non-hydrogen) atoms. The van der Waals surface area contributed by atoms with Gasteiger partial charge >= 0.3 is 6.18 Å². The van der Waals surface area contributed by atoms with E-state index >= 15 is 0 Å². The largest absolute Gasteiger partial charge is 0.416 e. The van der Waals surface area contributed by atoms with Crippen LogP contribution >= 0.6 is 11.3 Å². The first kappa shape index (κ1) is 12.9. The van der Waals surface area contributed by atoms with E-state index in [0.29, 0.717) is 4.88 Å². The van der Waals surface area contributed by atoms with E-state index in [1.807, 2.05) is 0 Å². The van der Waals surface area contributed by atoms with Crippen molar-refractivity contribution in [2.45, 2.75) is 12.3 Å². The van der Waals surface area contributed by atoms with Crippen molar-refractivity contribution in [2.24, 2.45) is 0 Å². The molecule has 0 aliphatic heterocycles. The highest BCUT2D eigenvalue weighted by atomic mass is 32.1. The number of anilines is 1. The third-order valence-electron chi connectivity index (χ3n) is 2.52. The summed E-state index contributed by atoms with van der Waals surface area (Å²) in [5, 5.41) is 11.8. The summed E-state index contributed by atoms with van der Waals surface area (Å²) in [7, 11) is 0. The number of aliphatic hydroxyl groups is 1. The molecule has 0 fully saturated rings. The van der Waals surface area contributed by atoms with Crippen LogP contribution in [0.5, 0.6) is 0 Å². The third kappa shape index (κ3) is 2.49. The van der Waals surface area contributed by atoms with Gasteiger partial charge in [0.05, 0.1) is 5.56 Å². The topological polar surface area (TPSA) is 46.2 Å². The van der Waals surface area contributed by atoms with Crippen LogP contribution in [0.2, 0.25) is 0 Å². The van der Waals surface area contributed by atoms with Crippen molar-refractivity contribution in [1.82, 2.24) is 0 Å². The first-order valence-corrected chi connectivity index (χ1v) is 5.95. The molecule has 1 unspecified atom stereocenters. The summed E-state index contributed by atoms with van der Waals surface area (Å²) >= 11 is 1.26. The molecular formula is C12H10F3NOS. The quantitative estimate of drug-likeness (QED) is 0.823. The molecule has 0 saturated carbocycles. The fourth-order valence-corrected chi connectivity index (χ4v) is 2.32. The smallest absolute Gasteiger partial charge is 0.398 e. The molecule has 0 saturated heterocycles. The van der Waals surface area contributed by atoms with Crippen LogP contribution in [0.15, 0.2) is 35.7 Å². The molecule has 2 nitrogen and oxygen atoms in total. The minimum atomic E-state index is -4.45. The zero-order valence-electron chi connectivity index (χ0n) is 9.11. The maximum absolute atomic E-state index is 12.6. The summed E-state index contributed by atoms with van der Waals surface area (Å²) in [6.07, 6.45) is -5.58. The highest BCUT2D eigenvalue weighted by Gasteiger charge is 2.31. The third-order valence-corrected chi connectivity index (χ3v) is 3.45. The maximum atomic E-state index is 12.6. The van der Waals surface area contributed by atoms with Crippen molar-refractivity contribution in [3.8, 4) is 0 Å². The minimum Gasteiger partial charge on any atom is -0.398 e. The zero-order chi connectivity index (χ0) is 13.3. The van der Waals surface area contributed by atoms with Crippen LogP contribution in [0.25, 0.3) is 0 Å². The molecular weight excluding hydrogens is 263 g/mol. The summed E-state index contributed by atoms with van der Waals surface area (Å²) in [5.74, 6) is 0. The van der Waals surface area contributed by atoms with Gasteiger partial charge in [-0.25, -0.2) is 0 Å². The molecule has 6 heteroatoms. The Morgan fingerprint density at radius 2 is 1.94 bits per heavy atom. The van der Waals surface area contributed by atoms with E-state index in [2.05, 4.69) is 0 Å². The Labute approximate surface area is 105 Å². The molecule has 1 aromatic carbocycles. The van der Waals surface area contributed by atoms with Gasteiger partial charge < -0.3 is 10.8 Å². The van der Waals surface area contributed by atoms with E-state index in [0.717, 1.165) is 18.2 Å². The van der Waals surface area contributed by atoms with Gasteiger partial charge in [0.25, 0.3) is 0 Å². The average Bonchev–Trinajstić information content (AvgIpc) is 2.80. The van der Waals surface area contributed by atoms with E-state index in [1.165, 1.54) is 11.3 Å². The van der Waals surface area contributed by atoms with Crippen molar-refractivity contribution in [3.63, 3.8) is 0 Å². The molecule has 0 bridgehead atoms. The highest BCUT2D eigenvalue weighted by Crippen LogP contribution is 2.35. The lowest BCUT2D eigenvalue weighted by Crippen LogP contribution is -2.09. The van der Waals surface area contributed by atoms with E-state index in [1.54, 1.807) is 17.5 Å². The van der Waals surface area contributed by atoms with Gasteiger partial charge in [0.1, 0.15) is 6.10 Å². The van der Waals surface area contributed by atoms with Gasteiger partial charge in [-0.05, 0) is 29.6 Å². The Hall–Kier alpha value is -1.53. The molecule has 1 heterocycles. The van der Waals surface area contributed by atoms with Gasteiger partial charge in [0.15, 0.2) is 0 Å². The lowest BCUT2D eigenvalue weighted by atomic mass is 10.0. The van der Waals surface area contributed by atoms with E-state index in [9.17, 15) is 18.3 Å². The maximum Gasteiger partial charge on any atom is 0.416 e. The molecule has 1 aromatic heterocycles. The molecule has 2 rings (SSSR count). The first-order valence-electron chi connectivity index (χ1n) is 5.07. The molecule has 1 atom stereocenters. The number of nitrogens with two attached hydrogens (primary N) is 1. The Morgan fingerprint density at radius 1 is 1.22 bits per heavy atom. The van der Waals surface area contributed by atoms with Crippen LogP contribution in [-0.4, -0.2) is 5.11 Å². The predicted octanol–water partition coefficient (Wildman–Crippen LogP) is 3.43. The molecule has 0 aliphatic carbocycles. The van der Waals surface area contributed by atoms with E-state index < -0.39 is 17.8 Å². The zero-order valence-corrected chi connectivity index (χ0v) is 9.92. The number of benzene rings is 1. The van der Waals surface area contributed by atoms with Gasteiger partial charge in [-0.1, -0.05) is 6.07 Å². The Bertz CT molecular complexity index is 537. The number of rotatable bonds is 2. The fourth-order valence-electron chi connectivity index (χ4n) is 1.59. The van der Waals surface area contributed by atoms with Crippen LogP contribution < -0.4 is 5.73 Å². The van der Waals surface area contributed by atoms with Gasteiger partial charge in [0.2, 0.25) is 0 Å². The van der Waals surface area contributed by atoms with Crippen LogP contribution in [-0.2, 0) is 6.18 Å². The van der Waals surface area contributed by atoms with Gasteiger partial charge in [0, 0.05) is 16.1 Å². The second-order valence-electron chi connectivity index (χ2n) is 3.76. The molecule has 0 aliphatic rings. The predicted molar refractivity (Wildman–Crippen MR) is 64.2 cm³/mol. The van der Waals surface area contributed by atoms with Gasteiger partial charge in [-0.15, -0.1) is 11.3 Å². The van der Waals surface area contributed by atoms with Crippen LogP contribution in [0.1, 0.15) is 22.1 Å². The molecule has 0 radical (unpaired) electrons. The fraction of sp³-hybridized carbons (Fsp3) is 0.167. The monoisotopic (exact) mass is 273 g/mol. The van der Waals surface area contributed by atoms with Crippen molar-refractivity contribution in [1.29, 1.82) is 0 Å². The van der Waals surface area contributed by atoms with Crippen molar-refractivity contribution in [2.75, 3.05) is 5.73 Å². The van der Waals surface area contributed by atoms with E-state index in [-0.39, 0.29) is 11.3 Å². The summed E-state index contributed by atoms with van der Waals surface area (Å²) in [4.78, 5) is 0.557. The molecule has 96 valence electrons. The number of hydrogen-bond acceptors (Lipinski definition) is 3. The van der Waals surface area contributed by atoms with Crippen LogP contribution in [0, 0.1) is 0 Å². The number of aliphatic hydroxyl groups excluding tert-OH is 1. The molecule has 0 spiro atoms. The summed E-state index contributed by atoms with van der Waals surface area (Å²) < 4.78 is 37.8. The molecule has 3 N–H and O–H groups in total. The second-order valence-corrected chi connectivity index (χ2v) is 4.74. The lowest BCUT2D eigenvalue weighted by molar-refractivity contribution is -0.137. The van der Waals surface area contributed by atoms with Gasteiger partial charge in [-0.3, -0.25) is 0 Å². The number of thiophene rings is 1. The number of alkyl halides is 3. The van der Waals surface area contributed by atoms with Crippen molar-refractivity contribution in [3.05, 3.63) is 51.7 Å². The van der Waals surface area contributed by atoms with Gasteiger partial charge in [-0.2, -0.15) is 13.2 Å². The average molecular weight is 273 g/mol. The second kappa shape index (κ2) is 4.62. The number of nitrogen functional groups attached to an aromatic ring is 1. The van der Waals surface area contributed by atoms with Crippen LogP contribution in [0.3, 0.4) is 0 Å². The Morgan fingerprint density at radius 3 is 2.50 bits per heavy atom. The SMILES string of the molecule is Nc1ccc(C(F)(F)F)cc1C(O)c1cccs1. The number of halogens is 3. The summed E-state index contributed by atoms with van der Waals surface area (Å²) in [5.41, 5.74) is 5.02. The Balaban J connectivity index is 2.44. The summed E-state index contributed by atoms with van der Waals surface area (Å²) in [6.45, 7) is 0. The molecule has 2 aromatic rings. The first-order chi connectivity index (χ1) is 8.39.